The van der Waals surface area contributed by atoms with Crippen LogP contribution < -0.4 is 4.74 Å². The van der Waals surface area contributed by atoms with Gasteiger partial charge in [-0.05, 0) is 67.6 Å². The molecule has 0 unspecified atom stereocenters. The molecule has 0 spiro atoms. The van der Waals surface area contributed by atoms with Crippen LogP contribution in [0.4, 0.5) is 0 Å². The highest BCUT2D eigenvalue weighted by atomic mass is 16.5. The molecule has 3 aromatic rings. The number of ether oxygens (including phenoxy) is 1. The number of hydrogen-bond donors (Lipinski definition) is 2. The summed E-state index contributed by atoms with van der Waals surface area (Å²) in [5.74, 6) is -0.819. The molecule has 2 N–H and O–H groups in total. The average molecular weight is 434 g/mol. The van der Waals surface area contributed by atoms with Crippen molar-refractivity contribution in [2.24, 2.45) is 5.41 Å². The van der Waals surface area contributed by atoms with Crippen molar-refractivity contribution in [2.75, 3.05) is 6.54 Å². The van der Waals surface area contributed by atoms with Crippen molar-refractivity contribution in [2.45, 2.75) is 40.3 Å². The van der Waals surface area contributed by atoms with E-state index in [4.69, 9.17) is 4.74 Å². The predicted molar refractivity (Wildman–Crippen MR) is 118 cm³/mol. The maximum Gasteiger partial charge on any atom is 0.318 e. The highest BCUT2D eigenvalue weighted by Crippen LogP contribution is 2.28. The van der Waals surface area contributed by atoms with Gasteiger partial charge in [-0.25, -0.2) is 0 Å². The van der Waals surface area contributed by atoms with Crippen LogP contribution in [0.3, 0.4) is 0 Å². The van der Waals surface area contributed by atoms with E-state index in [1.165, 1.54) is 19.4 Å². The van der Waals surface area contributed by atoms with E-state index < -0.39 is 11.4 Å². The van der Waals surface area contributed by atoms with E-state index in [-0.39, 0.29) is 5.91 Å². The number of carbonyl (C=O) groups excluding carboxylic acids is 1. The maximum absolute atomic E-state index is 12.8. The van der Waals surface area contributed by atoms with Gasteiger partial charge in [0.15, 0.2) is 0 Å². The van der Waals surface area contributed by atoms with Crippen LogP contribution in [0.2, 0.25) is 0 Å². The Balaban J connectivity index is 1.46. The molecule has 0 saturated carbocycles. The van der Waals surface area contributed by atoms with E-state index in [9.17, 15) is 14.7 Å². The second-order valence-electron chi connectivity index (χ2n) is 8.60. The van der Waals surface area contributed by atoms with Crippen molar-refractivity contribution in [3.63, 3.8) is 0 Å². The summed E-state index contributed by atoms with van der Waals surface area (Å²) in [6.45, 7) is 6.26. The van der Waals surface area contributed by atoms with Gasteiger partial charge in [0.25, 0.3) is 0 Å². The molecule has 1 aliphatic rings. The van der Waals surface area contributed by atoms with Gasteiger partial charge in [0, 0.05) is 19.3 Å². The van der Waals surface area contributed by atoms with E-state index in [1.54, 1.807) is 17.3 Å². The predicted octanol–water partition coefficient (Wildman–Crippen LogP) is 3.35. The molecule has 1 aliphatic heterocycles. The Morgan fingerprint density at radius 3 is 2.72 bits per heavy atom. The zero-order valence-electron chi connectivity index (χ0n) is 18.4. The number of aromatic amines is 1. The topological polar surface area (TPSA) is 108 Å². The first kappa shape index (κ1) is 21.5. The Labute approximate surface area is 186 Å². The largest absolute Gasteiger partial charge is 0.487 e. The molecule has 0 fully saturated rings. The molecule has 0 bridgehead atoms. The fraction of sp³-hybridized carbons (Fsp3) is 0.333. The van der Waals surface area contributed by atoms with Crippen LogP contribution in [-0.4, -0.2) is 43.6 Å². The molecule has 8 heteroatoms. The summed E-state index contributed by atoms with van der Waals surface area (Å²) < 4.78 is 5.92. The van der Waals surface area contributed by atoms with E-state index in [0.29, 0.717) is 31.9 Å². The van der Waals surface area contributed by atoms with Gasteiger partial charge >= 0.3 is 5.97 Å². The third-order valence-electron chi connectivity index (χ3n) is 5.89. The molecule has 1 aromatic carbocycles. The average Bonchev–Trinajstić information content (AvgIpc) is 3.32. The van der Waals surface area contributed by atoms with Crippen LogP contribution >= 0.6 is 0 Å². The summed E-state index contributed by atoms with van der Waals surface area (Å²) in [4.78, 5) is 30.3. The smallest absolute Gasteiger partial charge is 0.318 e. The fourth-order valence-corrected chi connectivity index (χ4v) is 3.93. The number of aryl methyl sites for hydroxylation is 1. The maximum atomic E-state index is 12.8. The number of hydrogen-bond acceptors (Lipinski definition) is 5. The lowest BCUT2D eigenvalue weighted by Gasteiger charge is -2.34. The monoisotopic (exact) mass is 434 g/mol. The zero-order valence-corrected chi connectivity index (χ0v) is 18.4. The van der Waals surface area contributed by atoms with Crippen LogP contribution in [0.15, 0.2) is 42.7 Å². The lowest BCUT2D eigenvalue weighted by molar-refractivity contribution is -0.158. The molecular weight excluding hydrogens is 408 g/mol. The Hall–Kier alpha value is -3.68. The number of nitrogens with zero attached hydrogens (tertiary/aromatic N) is 3. The van der Waals surface area contributed by atoms with E-state index in [2.05, 4.69) is 28.2 Å². The number of carbonyl (C=O) groups is 2. The number of pyridine rings is 1. The summed E-state index contributed by atoms with van der Waals surface area (Å²) in [6, 6.07) is 9.73. The SMILES string of the molecule is Cc1cc(COc2ccc(-c3ccn[nH]3)nc2)cc2c1CCN(C(=O)C(C)(C)C(=O)O)C2. The van der Waals surface area contributed by atoms with Crippen molar-refractivity contribution in [3.05, 3.63) is 65.0 Å². The second-order valence-corrected chi connectivity index (χ2v) is 8.60. The fourth-order valence-electron chi connectivity index (χ4n) is 3.93. The number of aliphatic carboxylic acids is 1. The number of benzene rings is 1. The van der Waals surface area contributed by atoms with Gasteiger partial charge in [-0.15, -0.1) is 0 Å². The molecule has 0 radical (unpaired) electrons. The van der Waals surface area contributed by atoms with Crippen molar-refractivity contribution in [3.8, 4) is 17.1 Å². The standard InChI is InChI=1S/C24H26N4O4/c1-15-10-16(14-32-18-4-5-20(25-12-18)21-6-8-26-27-21)11-17-13-28(9-7-19(15)17)22(29)24(2,3)23(30)31/h4-6,8,10-12H,7,9,13-14H2,1-3H3,(H,26,27)(H,30,31). The molecule has 0 saturated heterocycles. The third kappa shape index (κ3) is 4.21. The molecule has 3 heterocycles. The minimum atomic E-state index is -1.44. The van der Waals surface area contributed by atoms with Gasteiger partial charge in [0.05, 0.1) is 17.6 Å². The zero-order chi connectivity index (χ0) is 22.9. The van der Waals surface area contributed by atoms with Crippen LogP contribution in [0.25, 0.3) is 11.4 Å². The number of H-pyrrole nitrogens is 1. The van der Waals surface area contributed by atoms with Crippen molar-refractivity contribution in [1.29, 1.82) is 0 Å². The van der Waals surface area contributed by atoms with Crippen LogP contribution in [0, 0.1) is 12.3 Å². The molecule has 0 aliphatic carbocycles. The Bertz CT molecular complexity index is 1140. The molecule has 1 amide bonds. The van der Waals surface area contributed by atoms with Crippen molar-refractivity contribution >= 4 is 11.9 Å². The number of rotatable bonds is 6. The number of nitrogens with one attached hydrogen (secondary N) is 1. The van der Waals surface area contributed by atoms with E-state index >= 15 is 0 Å². The van der Waals surface area contributed by atoms with Crippen LogP contribution in [0.5, 0.6) is 5.75 Å². The molecule has 166 valence electrons. The summed E-state index contributed by atoms with van der Waals surface area (Å²) in [7, 11) is 0. The lowest BCUT2D eigenvalue weighted by Crippen LogP contribution is -2.47. The Morgan fingerprint density at radius 1 is 1.25 bits per heavy atom. The quantitative estimate of drug-likeness (QED) is 0.576. The number of fused-ring (bicyclic) bond motifs is 1. The first-order valence-corrected chi connectivity index (χ1v) is 10.5. The van der Waals surface area contributed by atoms with Crippen LogP contribution in [0.1, 0.15) is 36.1 Å². The summed E-state index contributed by atoms with van der Waals surface area (Å²) in [5, 5.41) is 16.2. The number of carboxylic acid groups (broad SMARTS) is 1. The van der Waals surface area contributed by atoms with Gasteiger partial charge in [-0.1, -0.05) is 12.1 Å². The van der Waals surface area contributed by atoms with Gasteiger partial charge in [0.1, 0.15) is 17.8 Å². The third-order valence-corrected chi connectivity index (χ3v) is 5.89. The lowest BCUT2D eigenvalue weighted by atomic mass is 9.88. The number of aromatic nitrogens is 3. The first-order chi connectivity index (χ1) is 15.3. The minimum Gasteiger partial charge on any atom is -0.487 e. The molecule has 4 rings (SSSR count). The van der Waals surface area contributed by atoms with Gasteiger partial charge < -0.3 is 14.7 Å². The summed E-state index contributed by atoms with van der Waals surface area (Å²) >= 11 is 0. The highest BCUT2D eigenvalue weighted by molar-refractivity contribution is 6.01. The normalized spacial score (nSPS) is 13.5. The Kier molecular flexibility index (Phi) is 5.69. The minimum absolute atomic E-state index is 0.363. The summed E-state index contributed by atoms with van der Waals surface area (Å²) in [5.41, 5.74) is 4.58. The molecule has 32 heavy (non-hydrogen) atoms. The number of carboxylic acids is 1. The van der Waals surface area contributed by atoms with Gasteiger partial charge in [-0.3, -0.25) is 19.7 Å². The molecule has 0 atom stereocenters. The number of amides is 1. The second kappa shape index (κ2) is 8.45. The van der Waals surface area contributed by atoms with E-state index in [0.717, 1.165) is 28.1 Å². The molecule has 2 aromatic heterocycles. The van der Waals surface area contributed by atoms with Crippen molar-refractivity contribution in [1.82, 2.24) is 20.1 Å². The summed E-state index contributed by atoms with van der Waals surface area (Å²) in [6.07, 6.45) is 4.07. The Morgan fingerprint density at radius 2 is 2.06 bits per heavy atom. The van der Waals surface area contributed by atoms with Crippen LogP contribution in [-0.2, 0) is 29.2 Å². The highest BCUT2D eigenvalue weighted by Gasteiger charge is 2.40. The molecule has 8 nitrogen and oxygen atoms in total. The molecular formula is C24H26N4O4. The van der Waals surface area contributed by atoms with Gasteiger partial charge in [-0.2, -0.15) is 5.10 Å². The van der Waals surface area contributed by atoms with Gasteiger partial charge in [0.2, 0.25) is 5.91 Å². The first-order valence-electron chi connectivity index (χ1n) is 10.5. The van der Waals surface area contributed by atoms with E-state index in [1.807, 2.05) is 24.3 Å². The van der Waals surface area contributed by atoms with Crippen molar-refractivity contribution < 1.29 is 19.4 Å².